The fraction of sp³-hybridized carbons (Fsp3) is 0.273. The highest BCUT2D eigenvalue weighted by Gasteiger charge is 2.33. The summed E-state index contributed by atoms with van der Waals surface area (Å²) in [6.45, 7) is 0.619. The molecule has 29 heavy (non-hydrogen) atoms. The van der Waals surface area contributed by atoms with Crippen LogP contribution in [-0.4, -0.2) is 30.7 Å². The zero-order valence-corrected chi connectivity index (χ0v) is 17.0. The summed E-state index contributed by atoms with van der Waals surface area (Å²) < 4.78 is 25.9. The van der Waals surface area contributed by atoms with E-state index in [4.69, 9.17) is 0 Å². The van der Waals surface area contributed by atoms with Crippen LogP contribution in [0.4, 0.5) is 5.95 Å². The van der Waals surface area contributed by atoms with E-state index in [9.17, 15) is 13.2 Å². The van der Waals surface area contributed by atoms with Gasteiger partial charge in [-0.3, -0.25) is 9.78 Å². The highest BCUT2D eigenvalue weighted by molar-refractivity contribution is 7.92. The molecule has 3 aromatic rings. The average Bonchev–Trinajstić information content (AvgIpc) is 2.74. The molecule has 0 amide bonds. The van der Waals surface area contributed by atoms with Crippen LogP contribution in [0.15, 0.2) is 70.4 Å². The molecule has 0 radical (unpaired) electrons. The van der Waals surface area contributed by atoms with E-state index >= 15 is 0 Å². The fourth-order valence-electron chi connectivity index (χ4n) is 3.76. The van der Waals surface area contributed by atoms with E-state index in [-0.39, 0.29) is 12.0 Å². The van der Waals surface area contributed by atoms with E-state index in [0.717, 1.165) is 5.56 Å². The third-order valence-electron chi connectivity index (χ3n) is 5.36. The molecule has 4 rings (SSSR count). The predicted molar refractivity (Wildman–Crippen MR) is 113 cm³/mol. The molecule has 2 aromatic carbocycles. The second-order valence-corrected chi connectivity index (χ2v) is 9.61. The van der Waals surface area contributed by atoms with Crippen molar-refractivity contribution < 1.29 is 8.42 Å². The molecule has 0 aliphatic heterocycles. The zero-order chi connectivity index (χ0) is 20.4. The minimum atomic E-state index is -3.48. The summed E-state index contributed by atoms with van der Waals surface area (Å²) in [6, 6.07) is 18.4. The maximum absolute atomic E-state index is 12.9. The molecule has 1 unspecified atom stereocenters. The molecule has 1 aliphatic carbocycles. The summed E-state index contributed by atoms with van der Waals surface area (Å²) in [5, 5.41) is -0.604. The van der Waals surface area contributed by atoms with E-state index in [2.05, 4.69) is 9.97 Å². The molecular weight excluding hydrogens is 386 g/mol. The quantitative estimate of drug-likeness (QED) is 0.701. The van der Waals surface area contributed by atoms with Gasteiger partial charge in [0.05, 0.1) is 15.8 Å². The first-order valence-corrected chi connectivity index (χ1v) is 11.2. The van der Waals surface area contributed by atoms with Crippen LogP contribution in [0, 0.1) is 0 Å². The Morgan fingerprint density at radius 3 is 2.41 bits per heavy atom. The van der Waals surface area contributed by atoms with Crippen molar-refractivity contribution in [1.29, 1.82) is 0 Å². The number of rotatable bonds is 5. The third-order valence-corrected chi connectivity index (χ3v) is 7.57. The summed E-state index contributed by atoms with van der Waals surface area (Å²) in [5.41, 5.74) is 2.04. The highest BCUT2D eigenvalue weighted by Crippen LogP contribution is 2.27. The van der Waals surface area contributed by atoms with E-state index in [1.54, 1.807) is 30.3 Å². The molecule has 0 fully saturated rings. The Morgan fingerprint density at radius 2 is 1.72 bits per heavy atom. The highest BCUT2D eigenvalue weighted by atomic mass is 32.2. The molecule has 0 spiro atoms. The normalized spacial score (nSPS) is 16.2. The van der Waals surface area contributed by atoms with Gasteiger partial charge in [-0.2, -0.15) is 0 Å². The van der Waals surface area contributed by atoms with E-state index in [1.165, 1.54) is 0 Å². The molecule has 1 atom stereocenters. The molecule has 1 N–H and O–H groups in total. The summed E-state index contributed by atoms with van der Waals surface area (Å²) in [4.78, 5) is 22.4. The van der Waals surface area contributed by atoms with Crippen LogP contribution >= 0.6 is 0 Å². The number of H-pyrrole nitrogens is 1. The number of hydrogen-bond donors (Lipinski definition) is 1. The van der Waals surface area contributed by atoms with Gasteiger partial charge in [-0.25, -0.2) is 13.4 Å². The first-order chi connectivity index (χ1) is 13.9. The standard InChI is InChI=1S/C22H23N3O3S/c1-25(15-16-8-4-2-5-9-16)22-23-20-13-12-18(14-19(20)21(26)24-22)29(27,28)17-10-6-3-7-11-17/h2-11,18H,12-15H2,1H3,(H,23,24,26). The van der Waals surface area contributed by atoms with E-state index in [1.807, 2.05) is 42.3 Å². The number of nitrogens with zero attached hydrogens (tertiary/aromatic N) is 2. The number of sulfone groups is 1. The summed E-state index contributed by atoms with van der Waals surface area (Å²) in [6.07, 6.45) is 1.13. The first kappa shape index (κ1) is 19.4. The second kappa shape index (κ2) is 7.83. The molecule has 1 heterocycles. The number of nitrogens with one attached hydrogen (secondary N) is 1. The van der Waals surface area contributed by atoms with Gasteiger partial charge in [0.15, 0.2) is 9.84 Å². The molecule has 150 valence electrons. The third kappa shape index (κ3) is 3.96. The number of aryl methyl sites for hydroxylation is 1. The smallest absolute Gasteiger partial charge is 0.255 e. The lowest BCUT2D eigenvalue weighted by Gasteiger charge is -2.25. The lowest BCUT2D eigenvalue weighted by molar-refractivity contribution is 0.557. The lowest BCUT2D eigenvalue weighted by Crippen LogP contribution is -2.34. The predicted octanol–water partition coefficient (Wildman–Crippen LogP) is 2.74. The first-order valence-electron chi connectivity index (χ1n) is 9.61. The van der Waals surface area contributed by atoms with Gasteiger partial charge in [0, 0.05) is 19.2 Å². The number of fused-ring (bicyclic) bond motifs is 1. The average molecular weight is 410 g/mol. The van der Waals surface area contributed by atoms with Gasteiger partial charge < -0.3 is 4.90 Å². The lowest BCUT2D eigenvalue weighted by atomic mass is 9.97. The van der Waals surface area contributed by atoms with Crippen molar-refractivity contribution in [2.24, 2.45) is 0 Å². The number of hydrogen-bond acceptors (Lipinski definition) is 5. The Kier molecular flexibility index (Phi) is 5.24. The SMILES string of the molecule is CN(Cc1ccccc1)c1nc2c(c(=O)[nH]1)CC(S(=O)(=O)c1ccccc1)CC2. The largest absolute Gasteiger partial charge is 0.341 e. The van der Waals surface area contributed by atoms with Gasteiger partial charge in [0.25, 0.3) is 5.56 Å². The van der Waals surface area contributed by atoms with Crippen LogP contribution in [-0.2, 0) is 29.2 Å². The van der Waals surface area contributed by atoms with Crippen molar-refractivity contribution in [1.82, 2.24) is 9.97 Å². The van der Waals surface area contributed by atoms with Crippen LogP contribution in [0.2, 0.25) is 0 Å². The van der Waals surface area contributed by atoms with E-state index < -0.39 is 15.1 Å². The minimum Gasteiger partial charge on any atom is -0.341 e. The van der Waals surface area contributed by atoms with Crippen molar-refractivity contribution in [3.8, 4) is 0 Å². The maximum atomic E-state index is 12.9. The van der Waals surface area contributed by atoms with Crippen molar-refractivity contribution in [3.63, 3.8) is 0 Å². The van der Waals surface area contributed by atoms with Gasteiger partial charge >= 0.3 is 0 Å². The van der Waals surface area contributed by atoms with Gasteiger partial charge in [-0.15, -0.1) is 0 Å². The molecular formula is C22H23N3O3S. The van der Waals surface area contributed by atoms with Crippen LogP contribution in [0.3, 0.4) is 0 Å². The fourth-order valence-corrected chi connectivity index (χ4v) is 5.49. The van der Waals surface area contributed by atoms with Crippen LogP contribution in [0.1, 0.15) is 23.2 Å². The minimum absolute atomic E-state index is 0.192. The van der Waals surface area contributed by atoms with Crippen molar-refractivity contribution >= 4 is 15.8 Å². The summed E-state index contributed by atoms with van der Waals surface area (Å²) in [7, 11) is -1.60. The molecule has 0 saturated heterocycles. The Hall–Kier alpha value is -2.93. The summed E-state index contributed by atoms with van der Waals surface area (Å²) >= 11 is 0. The monoisotopic (exact) mass is 409 g/mol. The van der Waals surface area contributed by atoms with Gasteiger partial charge in [-0.05, 0) is 37.0 Å². The molecule has 1 aromatic heterocycles. The van der Waals surface area contributed by atoms with Crippen molar-refractivity contribution in [2.45, 2.75) is 36.0 Å². The Bertz CT molecular complexity index is 1160. The Morgan fingerprint density at radius 1 is 1.07 bits per heavy atom. The Labute approximate surface area is 170 Å². The maximum Gasteiger partial charge on any atom is 0.255 e. The van der Waals surface area contributed by atoms with Crippen molar-refractivity contribution in [2.75, 3.05) is 11.9 Å². The molecule has 6 nitrogen and oxygen atoms in total. The molecule has 7 heteroatoms. The topological polar surface area (TPSA) is 83.1 Å². The number of anilines is 1. The molecule has 1 aliphatic rings. The van der Waals surface area contributed by atoms with Gasteiger partial charge in [0.2, 0.25) is 5.95 Å². The van der Waals surface area contributed by atoms with E-state index in [0.29, 0.717) is 41.5 Å². The van der Waals surface area contributed by atoms with Crippen LogP contribution in [0.5, 0.6) is 0 Å². The Balaban J connectivity index is 1.58. The van der Waals surface area contributed by atoms with Gasteiger partial charge in [0.1, 0.15) is 0 Å². The van der Waals surface area contributed by atoms with Crippen molar-refractivity contribution in [3.05, 3.63) is 87.8 Å². The second-order valence-electron chi connectivity index (χ2n) is 7.38. The van der Waals surface area contributed by atoms with Gasteiger partial charge in [-0.1, -0.05) is 48.5 Å². The molecule has 0 bridgehead atoms. The number of aromatic nitrogens is 2. The zero-order valence-electron chi connectivity index (χ0n) is 16.2. The van der Waals surface area contributed by atoms with Crippen LogP contribution in [0.25, 0.3) is 0 Å². The van der Waals surface area contributed by atoms with Crippen LogP contribution < -0.4 is 10.5 Å². The number of aromatic amines is 1. The summed E-state index contributed by atoms with van der Waals surface area (Å²) in [5.74, 6) is 0.502. The molecule has 0 saturated carbocycles. The number of benzene rings is 2.